The number of piperazine rings is 1. The lowest BCUT2D eigenvalue weighted by molar-refractivity contribution is -0.900. The van der Waals surface area contributed by atoms with Crippen molar-refractivity contribution in [2.45, 2.75) is 13.5 Å². The standard InChI is InChI=1S/C16H23ClN6O3/c1-11(17)3-4-23-12-13(20(2)16(26)19-14(12)25)18-15(23)22-7-5-21(6-8-22)9-10-24/h3,24H,4-10H2,1-2H3,(H,19,25,26)/p+1/b11-3-. The zero-order valence-corrected chi connectivity index (χ0v) is 15.7. The Morgan fingerprint density at radius 3 is 2.69 bits per heavy atom. The average Bonchev–Trinajstić information content (AvgIpc) is 2.99. The number of hydrogen-bond acceptors (Lipinski definition) is 5. The molecule has 1 aliphatic rings. The third-order valence-corrected chi connectivity index (χ3v) is 4.92. The third kappa shape index (κ3) is 3.55. The van der Waals surface area contributed by atoms with Gasteiger partial charge in [0.25, 0.3) is 5.56 Å². The number of nitrogens with zero attached hydrogens (tertiary/aromatic N) is 4. The number of aliphatic hydroxyl groups is 1. The maximum absolute atomic E-state index is 12.4. The van der Waals surface area contributed by atoms with Gasteiger partial charge in [0, 0.05) is 18.6 Å². The van der Waals surface area contributed by atoms with Crippen LogP contribution in [0.5, 0.6) is 0 Å². The van der Waals surface area contributed by atoms with Crippen molar-refractivity contribution in [2.75, 3.05) is 44.2 Å². The summed E-state index contributed by atoms with van der Waals surface area (Å²) in [5.74, 6) is 0.656. The molecule has 2 aromatic heterocycles. The lowest BCUT2D eigenvalue weighted by Gasteiger charge is -2.32. The molecule has 0 aliphatic carbocycles. The van der Waals surface area contributed by atoms with Crippen LogP contribution in [-0.2, 0) is 13.6 Å². The van der Waals surface area contributed by atoms with Crippen molar-refractivity contribution >= 4 is 28.7 Å². The van der Waals surface area contributed by atoms with Gasteiger partial charge in [-0.1, -0.05) is 17.7 Å². The molecule has 0 spiro atoms. The van der Waals surface area contributed by atoms with Gasteiger partial charge >= 0.3 is 5.69 Å². The summed E-state index contributed by atoms with van der Waals surface area (Å²) in [6.07, 6.45) is 1.81. The molecule has 142 valence electrons. The highest BCUT2D eigenvalue weighted by molar-refractivity contribution is 6.29. The number of allylic oxidation sites excluding steroid dienone is 2. The average molecular weight is 384 g/mol. The minimum Gasteiger partial charge on any atom is -0.391 e. The number of nitrogens with one attached hydrogen (secondary N) is 2. The van der Waals surface area contributed by atoms with E-state index in [1.165, 1.54) is 9.47 Å². The van der Waals surface area contributed by atoms with Crippen LogP contribution in [-0.4, -0.2) is 63.5 Å². The molecule has 1 saturated heterocycles. The zero-order chi connectivity index (χ0) is 18.8. The second-order valence-corrected chi connectivity index (χ2v) is 7.11. The fourth-order valence-corrected chi connectivity index (χ4v) is 3.35. The molecule has 2 aromatic rings. The summed E-state index contributed by atoms with van der Waals surface area (Å²) < 4.78 is 3.15. The molecule has 10 heteroatoms. The number of anilines is 1. The van der Waals surface area contributed by atoms with Gasteiger partial charge in [-0.25, -0.2) is 4.79 Å². The Hall–Kier alpha value is -2.10. The number of aromatic nitrogens is 4. The number of imidazole rings is 1. The Bertz CT molecular complexity index is 932. The number of hydrogen-bond donors (Lipinski definition) is 3. The SMILES string of the molecule is C/C(Cl)=C/Cn1c(N2CC[NH+](CCO)CC2)nc2c1c(=O)[nH]c(=O)n2C. The topological polar surface area (TPSA) is 101 Å². The van der Waals surface area contributed by atoms with E-state index in [4.69, 9.17) is 16.7 Å². The number of aliphatic hydroxyl groups excluding tert-OH is 1. The number of H-pyrrole nitrogens is 1. The van der Waals surface area contributed by atoms with E-state index < -0.39 is 11.2 Å². The van der Waals surface area contributed by atoms with Crippen molar-refractivity contribution in [1.82, 2.24) is 19.1 Å². The maximum Gasteiger partial charge on any atom is 0.329 e. The maximum atomic E-state index is 12.4. The van der Waals surface area contributed by atoms with E-state index in [2.05, 4.69) is 14.9 Å². The van der Waals surface area contributed by atoms with Gasteiger partial charge < -0.3 is 19.5 Å². The van der Waals surface area contributed by atoms with Crippen LogP contribution in [0.3, 0.4) is 0 Å². The predicted molar refractivity (Wildman–Crippen MR) is 100 cm³/mol. The van der Waals surface area contributed by atoms with E-state index in [1.54, 1.807) is 18.5 Å². The minimum atomic E-state index is -0.486. The number of rotatable bonds is 5. The first-order valence-corrected chi connectivity index (χ1v) is 9.01. The van der Waals surface area contributed by atoms with Crippen molar-refractivity contribution in [3.05, 3.63) is 31.9 Å². The summed E-state index contributed by atoms with van der Waals surface area (Å²) in [5.41, 5.74) is -0.215. The van der Waals surface area contributed by atoms with E-state index in [-0.39, 0.29) is 6.61 Å². The van der Waals surface area contributed by atoms with Crippen molar-refractivity contribution < 1.29 is 10.0 Å². The van der Waals surface area contributed by atoms with Crippen LogP contribution < -0.4 is 21.0 Å². The summed E-state index contributed by atoms with van der Waals surface area (Å²) in [6.45, 7) is 6.34. The molecular weight excluding hydrogens is 360 g/mol. The predicted octanol–water partition coefficient (Wildman–Crippen LogP) is -1.74. The van der Waals surface area contributed by atoms with Gasteiger partial charge in [0.15, 0.2) is 11.2 Å². The largest absolute Gasteiger partial charge is 0.391 e. The molecule has 9 nitrogen and oxygen atoms in total. The molecule has 0 bridgehead atoms. The molecule has 1 fully saturated rings. The summed E-state index contributed by atoms with van der Waals surface area (Å²) in [5, 5.41) is 9.73. The monoisotopic (exact) mass is 383 g/mol. The molecule has 0 aromatic carbocycles. The van der Waals surface area contributed by atoms with Crippen LogP contribution in [0.1, 0.15) is 6.92 Å². The minimum absolute atomic E-state index is 0.172. The lowest BCUT2D eigenvalue weighted by atomic mass is 10.3. The summed E-state index contributed by atoms with van der Waals surface area (Å²) >= 11 is 5.98. The quantitative estimate of drug-likeness (QED) is 0.569. The molecule has 3 rings (SSSR count). The van der Waals surface area contributed by atoms with Crippen LogP contribution in [0.4, 0.5) is 5.95 Å². The first-order valence-electron chi connectivity index (χ1n) is 8.63. The highest BCUT2D eigenvalue weighted by Crippen LogP contribution is 2.20. The third-order valence-electron chi connectivity index (χ3n) is 4.76. The van der Waals surface area contributed by atoms with E-state index >= 15 is 0 Å². The fourth-order valence-electron chi connectivity index (χ4n) is 3.29. The van der Waals surface area contributed by atoms with E-state index in [0.717, 1.165) is 32.7 Å². The molecule has 3 N–H and O–H groups in total. The second kappa shape index (κ2) is 7.65. The summed E-state index contributed by atoms with van der Waals surface area (Å²) in [6, 6.07) is 0. The normalized spacial score (nSPS) is 16.6. The number of halogens is 1. The van der Waals surface area contributed by atoms with E-state index in [0.29, 0.717) is 28.7 Å². The van der Waals surface area contributed by atoms with Crippen molar-refractivity contribution in [3.63, 3.8) is 0 Å². The Morgan fingerprint density at radius 1 is 1.38 bits per heavy atom. The Labute approximate surface area is 155 Å². The van der Waals surface area contributed by atoms with Gasteiger partial charge in [0.2, 0.25) is 5.95 Å². The van der Waals surface area contributed by atoms with Gasteiger partial charge in [-0.2, -0.15) is 4.98 Å². The smallest absolute Gasteiger partial charge is 0.329 e. The Morgan fingerprint density at radius 2 is 2.08 bits per heavy atom. The number of quaternary nitrogens is 1. The summed E-state index contributed by atoms with van der Waals surface area (Å²) in [7, 11) is 1.59. The van der Waals surface area contributed by atoms with Crippen LogP contribution in [0, 0.1) is 0 Å². The number of aryl methyl sites for hydroxylation is 1. The molecule has 0 radical (unpaired) electrons. The molecule has 0 atom stereocenters. The molecule has 1 aliphatic heterocycles. The lowest BCUT2D eigenvalue weighted by Crippen LogP contribution is -3.15. The van der Waals surface area contributed by atoms with Gasteiger partial charge in [0.05, 0.1) is 32.8 Å². The summed E-state index contributed by atoms with van der Waals surface area (Å²) in [4.78, 5) is 34.7. The molecule has 0 unspecified atom stereocenters. The van der Waals surface area contributed by atoms with Crippen LogP contribution in [0.2, 0.25) is 0 Å². The Kier molecular flexibility index (Phi) is 5.49. The molecule has 26 heavy (non-hydrogen) atoms. The second-order valence-electron chi connectivity index (χ2n) is 6.51. The van der Waals surface area contributed by atoms with Gasteiger partial charge in [-0.3, -0.25) is 14.3 Å². The number of fused-ring (bicyclic) bond motifs is 1. The first kappa shape index (κ1) is 18.7. The Balaban J connectivity index is 2.07. The molecular formula is C16H24ClN6O3+. The highest BCUT2D eigenvalue weighted by Gasteiger charge is 2.26. The zero-order valence-electron chi connectivity index (χ0n) is 15.0. The van der Waals surface area contributed by atoms with E-state index in [1.807, 2.05) is 6.08 Å². The van der Waals surface area contributed by atoms with Crippen LogP contribution >= 0.6 is 11.6 Å². The number of aromatic amines is 1. The molecule has 0 saturated carbocycles. The molecule has 3 heterocycles. The fraction of sp³-hybridized carbons (Fsp3) is 0.562. The van der Waals surface area contributed by atoms with Crippen molar-refractivity contribution in [1.29, 1.82) is 0 Å². The van der Waals surface area contributed by atoms with Crippen molar-refractivity contribution in [2.24, 2.45) is 7.05 Å². The van der Waals surface area contributed by atoms with Gasteiger partial charge in [-0.15, -0.1) is 0 Å². The highest BCUT2D eigenvalue weighted by atomic mass is 35.5. The van der Waals surface area contributed by atoms with E-state index in [9.17, 15) is 9.59 Å². The molecule has 0 amide bonds. The van der Waals surface area contributed by atoms with Gasteiger partial charge in [0.1, 0.15) is 6.54 Å². The van der Waals surface area contributed by atoms with Crippen LogP contribution in [0.15, 0.2) is 20.7 Å². The van der Waals surface area contributed by atoms with Crippen molar-refractivity contribution in [3.8, 4) is 0 Å². The first-order chi connectivity index (χ1) is 12.4. The van der Waals surface area contributed by atoms with Gasteiger partial charge in [-0.05, 0) is 6.92 Å². The van der Waals surface area contributed by atoms with Crippen LogP contribution in [0.25, 0.3) is 11.2 Å².